The number of alkyl halides is 1. The summed E-state index contributed by atoms with van der Waals surface area (Å²) in [6, 6.07) is 7.18. The van der Waals surface area contributed by atoms with Crippen LogP contribution in [0, 0.1) is 6.92 Å². The predicted molar refractivity (Wildman–Crippen MR) is 72.9 cm³/mol. The van der Waals surface area contributed by atoms with E-state index in [9.17, 15) is 13.5 Å². The SMILES string of the molecule is CCS(=O)(=O)[C@@](C)(Br)[C@@H](O)c1ccc(C)cc1. The van der Waals surface area contributed by atoms with Gasteiger partial charge in [-0.2, -0.15) is 0 Å². The van der Waals surface area contributed by atoms with Crippen LogP contribution in [0.4, 0.5) is 0 Å². The number of halogens is 1. The van der Waals surface area contributed by atoms with Crippen LogP contribution < -0.4 is 0 Å². The maximum atomic E-state index is 11.9. The second kappa shape index (κ2) is 5.08. The molecule has 17 heavy (non-hydrogen) atoms. The number of hydrogen-bond acceptors (Lipinski definition) is 3. The molecule has 0 aliphatic rings. The highest BCUT2D eigenvalue weighted by molar-refractivity contribution is 9.11. The second-order valence-electron chi connectivity index (χ2n) is 4.20. The van der Waals surface area contributed by atoms with E-state index in [1.165, 1.54) is 6.92 Å². The minimum Gasteiger partial charge on any atom is -0.386 e. The van der Waals surface area contributed by atoms with Crippen LogP contribution in [0.2, 0.25) is 0 Å². The second-order valence-corrected chi connectivity index (χ2v) is 9.03. The van der Waals surface area contributed by atoms with E-state index in [2.05, 4.69) is 15.9 Å². The molecule has 0 bridgehead atoms. The fourth-order valence-corrected chi connectivity index (χ4v) is 3.49. The number of aryl methyl sites for hydroxylation is 1. The lowest BCUT2D eigenvalue weighted by Crippen LogP contribution is -2.36. The van der Waals surface area contributed by atoms with Crippen molar-refractivity contribution < 1.29 is 13.5 Å². The summed E-state index contributed by atoms with van der Waals surface area (Å²) in [5.74, 6) is -0.0162. The third kappa shape index (κ3) is 2.89. The quantitative estimate of drug-likeness (QED) is 0.867. The largest absolute Gasteiger partial charge is 0.386 e. The minimum atomic E-state index is -3.39. The Bertz CT molecular complexity index is 477. The van der Waals surface area contributed by atoms with Gasteiger partial charge in [0.2, 0.25) is 0 Å². The zero-order chi connectivity index (χ0) is 13.3. The molecule has 0 heterocycles. The first-order valence-electron chi connectivity index (χ1n) is 5.38. The lowest BCUT2D eigenvalue weighted by molar-refractivity contribution is 0.167. The highest BCUT2D eigenvalue weighted by atomic mass is 79.9. The van der Waals surface area contributed by atoms with Gasteiger partial charge in [0.25, 0.3) is 0 Å². The van der Waals surface area contributed by atoms with Crippen molar-refractivity contribution in [3.63, 3.8) is 0 Å². The molecule has 0 aliphatic carbocycles. The van der Waals surface area contributed by atoms with Gasteiger partial charge in [0.15, 0.2) is 13.5 Å². The predicted octanol–water partition coefficient (Wildman–Crippen LogP) is 2.57. The Morgan fingerprint density at radius 3 is 2.24 bits per heavy atom. The summed E-state index contributed by atoms with van der Waals surface area (Å²) in [5, 5.41) is 10.2. The molecule has 0 aliphatic heterocycles. The summed E-state index contributed by atoms with van der Waals surface area (Å²) in [6.45, 7) is 4.99. The molecule has 1 aromatic rings. The van der Waals surface area contributed by atoms with Gasteiger partial charge in [-0.1, -0.05) is 52.7 Å². The van der Waals surface area contributed by atoms with Crippen molar-refractivity contribution in [3.8, 4) is 0 Å². The number of sulfone groups is 1. The van der Waals surface area contributed by atoms with E-state index in [1.54, 1.807) is 19.1 Å². The van der Waals surface area contributed by atoms with Gasteiger partial charge in [-0.15, -0.1) is 0 Å². The Morgan fingerprint density at radius 2 is 1.82 bits per heavy atom. The molecule has 0 radical (unpaired) electrons. The van der Waals surface area contributed by atoms with Crippen molar-refractivity contribution in [3.05, 3.63) is 35.4 Å². The van der Waals surface area contributed by atoms with Crippen LogP contribution >= 0.6 is 15.9 Å². The average molecular weight is 321 g/mol. The first kappa shape index (κ1) is 14.7. The zero-order valence-corrected chi connectivity index (χ0v) is 12.5. The maximum Gasteiger partial charge on any atom is 0.168 e. The number of benzene rings is 1. The Labute approximate surface area is 111 Å². The summed E-state index contributed by atoms with van der Waals surface area (Å²) in [6.07, 6.45) is -1.09. The smallest absolute Gasteiger partial charge is 0.168 e. The fourth-order valence-electron chi connectivity index (χ4n) is 1.50. The van der Waals surface area contributed by atoms with E-state index in [1.807, 2.05) is 19.1 Å². The van der Waals surface area contributed by atoms with Crippen molar-refractivity contribution in [1.29, 1.82) is 0 Å². The third-order valence-corrected chi connectivity index (χ3v) is 6.98. The average Bonchev–Trinajstić information content (AvgIpc) is 2.28. The summed E-state index contributed by atoms with van der Waals surface area (Å²) in [7, 11) is -3.39. The Morgan fingerprint density at radius 1 is 1.35 bits per heavy atom. The summed E-state index contributed by atoms with van der Waals surface area (Å²) >= 11 is 3.15. The number of rotatable bonds is 4. The molecular weight excluding hydrogens is 304 g/mol. The van der Waals surface area contributed by atoms with Gasteiger partial charge in [0.1, 0.15) is 6.10 Å². The molecule has 1 N–H and O–H groups in total. The van der Waals surface area contributed by atoms with Gasteiger partial charge < -0.3 is 5.11 Å². The molecule has 0 unspecified atom stereocenters. The molecule has 0 saturated heterocycles. The van der Waals surface area contributed by atoms with E-state index in [0.717, 1.165) is 5.56 Å². The molecular formula is C12H17BrO3S. The Balaban J connectivity index is 3.12. The van der Waals surface area contributed by atoms with Crippen LogP contribution in [0.3, 0.4) is 0 Å². The fraction of sp³-hybridized carbons (Fsp3) is 0.500. The van der Waals surface area contributed by atoms with E-state index in [4.69, 9.17) is 0 Å². The van der Waals surface area contributed by atoms with Crippen LogP contribution in [-0.4, -0.2) is 22.9 Å². The van der Waals surface area contributed by atoms with Gasteiger partial charge in [-0.05, 0) is 19.4 Å². The van der Waals surface area contributed by atoms with Gasteiger partial charge in [0, 0.05) is 5.75 Å². The third-order valence-electron chi connectivity index (χ3n) is 2.87. The molecule has 0 spiro atoms. The minimum absolute atomic E-state index is 0.0162. The van der Waals surface area contributed by atoms with Crippen LogP contribution in [-0.2, 0) is 9.84 Å². The normalized spacial score (nSPS) is 17.5. The zero-order valence-electron chi connectivity index (χ0n) is 10.1. The van der Waals surface area contributed by atoms with E-state index in [-0.39, 0.29) is 5.75 Å². The van der Waals surface area contributed by atoms with E-state index < -0.39 is 19.6 Å². The van der Waals surface area contributed by atoms with Crippen LogP contribution in [0.15, 0.2) is 24.3 Å². The molecule has 5 heteroatoms. The summed E-state index contributed by atoms with van der Waals surface area (Å²) < 4.78 is 22.4. The molecule has 0 amide bonds. The number of aliphatic hydroxyl groups is 1. The van der Waals surface area contributed by atoms with Crippen molar-refractivity contribution >= 4 is 25.8 Å². The van der Waals surface area contributed by atoms with E-state index in [0.29, 0.717) is 5.56 Å². The molecule has 3 nitrogen and oxygen atoms in total. The molecule has 0 fully saturated rings. The van der Waals surface area contributed by atoms with Crippen LogP contribution in [0.1, 0.15) is 31.1 Å². The standard InChI is InChI=1S/C12H17BrO3S/c1-4-17(15,16)12(3,13)11(14)10-7-5-9(2)6-8-10/h5-8,11,14H,4H2,1-3H3/t11-,12+/m0/s1. The van der Waals surface area contributed by atoms with Crippen LogP contribution in [0.5, 0.6) is 0 Å². The Hall–Kier alpha value is -0.390. The topological polar surface area (TPSA) is 54.4 Å². The molecule has 2 atom stereocenters. The highest BCUT2D eigenvalue weighted by Gasteiger charge is 2.42. The van der Waals surface area contributed by atoms with Gasteiger partial charge in [-0.25, -0.2) is 8.42 Å². The van der Waals surface area contributed by atoms with Crippen molar-refractivity contribution in [2.24, 2.45) is 0 Å². The number of aliphatic hydroxyl groups excluding tert-OH is 1. The highest BCUT2D eigenvalue weighted by Crippen LogP contribution is 2.38. The Kier molecular flexibility index (Phi) is 4.38. The molecule has 1 rings (SSSR count). The maximum absolute atomic E-state index is 11.9. The molecule has 0 aromatic heterocycles. The van der Waals surface area contributed by atoms with E-state index >= 15 is 0 Å². The number of hydrogen-bond donors (Lipinski definition) is 1. The molecule has 96 valence electrons. The lowest BCUT2D eigenvalue weighted by atomic mass is 10.1. The van der Waals surface area contributed by atoms with Crippen molar-refractivity contribution in [2.75, 3.05) is 5.75 Å². The summed E-state index contributed by atoms with van der Waals surface area (Å²) in [5.41, 5.74) is 1.66. The molecule has 1 aromatic carbocycles. The van der Waals surface area contributed by atoms with Gasteiger partial charge in [-0.3, -0.25) is 0 Å². The van der Waals surface area contributed by atoms with Gasteiger partial charge >= 0.3 is 0 Å². The van der Waals surface area contributed by atoms with Crippen LogP contribution in [0.25, 0.3) is 0 Å². The summed E-state index contributed by atoms with van der Waals surface area (Å²) in [4.78, 5) is 0. The lowest BCUT2D eigenvalue weighted by Gasteiger charge is -2.28. The monoisotopic (exact) mass is 320 g/mol. The van der Waals surface area contributed by atoms with Crippen molar-refractivity contribution in [2.45, 2.75) is 30.5 Å². The van der Waals surface area contributed by atoms with Crippen molar-refractivity contribution in [1.82, 2.24) is 0 Å². The first-order valence-corrected chi connectivity index (χ1v) is 7.82. The van der Waals surface area contributed by atoms with Gasteiger partial charge in [0.05, 0.1) is 0 Å². The first-order chi connectivity index (χ1) is 7.72. The molecule has 0 saturated carbocycles.